The van der Waals surface area contributed by atoms with Crippen LogP contribution in [0.25, 0.3) is 0 Å². The van der Waals surface area contributed by atoms with Gasteiger partial charge in [-0.05, 0) is 67.5 Å². The Bertz CT molecular complexity index is 933. The van der Waals surface area contributed by atoms with Gasteiger partial charge in [0, 0.05) is 44.4 Å². The van der Waals surface area contributed by atoms with Crippen LogP contribution in [0, 0.1) is 31.4 Å². The fourth-order valence-corrected chi connectivity index (χ4v) is 4.06. The zero-order valence-electron chi connectivity index (χ0n) is 17.3. The summed E-state index contributed by atoms with van der Waals surface area (Å²) in [5.74, 6) is -1.12. The number of aryl methyl sites for hydroxylation is 2. The van der Waals surface area contributed by atoms with Crippen LogP contribution in [0.5, 0.6) is 0 Å². The minimum absolute atomic E-state index is 0.0266. The summed E-state index contributed by atoms with van der Waals surface area (Å²) in [7, 11) is 3.41. The first-order valence-electron chi connectivity index (χ1n) is 9.74. The summed E-state index contributed by atoms with van der Waals surface area (Å²) in [5.41, 5.74) is 3.58. The van der Waals surface area contributed by atoms with Crippen molar-refractivity contribution in [3.63, 3.8) is 0 Å². The van der Waals surface area contributed by atoms with Crippen molar-refractivity contribution in [1.82, 2.24) is 4.90 Å². The number of carbonyl (C=O) groups excluding carboxylic acids is 2. The molecule has 1 unspecified atom stereocenters. The van der Waals surface area contributed by atoms with Crippen LogP contribution in [-0.4, -0.2) is 37.4 Å². The predicted molar refractivity (Wildman–Crippen MR) is 109 cm³/mol. The van der Waals surface area contributed by atoms with Crippen molar-refractivity contribution in [2.24, 2.45) is 5.92 Å². The van der Waals surface area contributed by atoms with Crippen molar-refractivity contribution in [2.45, 2.75) is 33.1 Å². The smallest absolute Gasteiger partial charge is 0.253 e. The largest absolute Gasteiger partial charge is 0.345 e. The fourth-order valence-electron chi connectivity index (χ4n) is 4.06. The van der Waals surface area contributed by atoms with E-state index in [1.165, 1.54) is 17.0 Å². The first-order chi connectivity index (χ1) is 13.7. The van der Waals surface area contributed by atoms with E-state index in [0.29, 0.717) is 36.9 Å². The average Bonchev–Trinajstić information content (AvgIpc) is 2.65. The molecule has 1 aliphatic rings. The maximum atomic E-state index is 14.1. The molecule has 2 aromatic carbocycles. The quantitative estimate of drug-likeness (QED) is 0.769. The Morgan fingerprint density at radius 3 is 2.38 bits per heavy atom. The molecule has 2 aromatic rings. The second kappa shape index (κ2) is 8.31. The number of rotatable bonds is 4. The third kappa shape index (κ3) is 4.47. The average molecular weight is 400 g/mol. The van der Waals surface area contributed by atoms with Gasteiger partial charge in [-0.25, -0.2) is 8.78 Å². The van der Waals surface area contributed by atoms with Crippen molar-refractivity contribution in [1.29, 1.82) is 0 Å². The van der Waals surface area contributed by atoms with Crippen LogP contribution in [0.4, 0.5) is 14.5 Å². The predicted octanol–water partition coefficient (Wildman–Crippen LogP) is 4.27. The van der Waals surface area contributed by atoms with Gasteiger partial charge in [-0.1, -0.05) is 6.07 Å². The zero-order valence-corrected chi connectivity index (χ0v) is 17.3. The summed E-state index contributed by atoms with van der Waals surface area (Å²) >= 11 is 0. The van der Waals surface area contributed by atoms with Crippen LogP contribution >= 0.6 is 0 Å². The molecule has 1 heterocycles. The number of amides is 2. The van der Waals surface area contributed by atoms with Crippen LogP contribution in [-0.2, 0) is 11.2 Å². The molecule has 2 amide bonds. The molecule has 0 radical (unpaired) electrons. The normalized spacial score (nSPS) is 16.8. The van der Waals surface area contributed by atoms with E-state index in [-0.39, 0.29) is 17.7 Å². The highest BCUT2D eigenvalue weighted by Crippen LogP contribution is 2.32. The zero-order chi connectivity index (χ0) is 21.3. The van der Waals surface area contributed by atoms with E-state index in [9.17, 15) is 18.4 Å². The minimum atomic E-state index is -0.592. The standard InChI is InChI=1S/C23H26F2N2O2/c1-14-9-18(23(29)26(3)4)10-15(2)22(14)27-13-16(5-8-21(27)28)11-17-6-7-19(24)12-20(17)25/h6-7,9-10,12,16H,5,8,11,13H2,1-4H3. The maximum Gasteiger partial charge on any atom is 0.253 e. The van der Waals surface area contributed by atoms with Gasteiger partial charge >= 0.3 is 0 Å². The monoisotopic (exact) mass is 400 g/mol. The van der Waals surface area contributed by atoms with E-state index in [0.717, 1.165) is 22.9 Å². The molecular formula is C23H26F2N2O2. The minimum Gasteiger partial charge on any atom is -0.345 e. The Morgan fingerprint density at radius 1 is 1.14 bits per heavy atom. The number of nitrogens with zero attached hydrogens (tertiary/aromatic N) is 2. The van der Waals surface area contributed by atoms with Gasteiger partial charge in [-0.3, -0.25) is 9.59 Å². The Hall–Kier alpha value is -2.76. The molecule has 6 heteroatoms. The first kappa shape index (κ1) is 21.0. The van der Waals surface area contributed by atoms with Gasteiger partial charge in [0.05, 0.1) is 0 Å². The number of anilines is 1. The summed E-state index contributed by atoms with van der Waals surface area (Å²) in [6, 6.07) is 7.25. The Balaban J connectivity index is 1.85. The molecule has 154 valence electrons. The Kier molecular flexibility index (Phi) is 6.01. The van der Waals surface area contributed by atoms with Crippen LogP contribution < -0.4 is 4.90 Å². The third-order valence-electron chi connectivity index (χ3n) is 5.45. The van der Waals surface area contributed by atoms with Gasteiger partial charge in [0.1, 0.15) is 11.6 Å². The second-order valence-corrected chi connectivity index (χ2v) is 8.01. The molecule has 1 atom stereocenters. The molecule has 1 fully saturated rings. The molecule has 3 rings (SSSR count). The van der Waals surface area contributed by atoms with E-state index in [4.69, 9.17) is 0 Å². The van der Waals surface area contributed by atoms with E-state index >= 15 is 0 Å². The molecule has 1 aliphatic heterocycles. The number of carbonyl (C=O) groups is 2. The van der Waals surface area contributed by atoms with Crippen LogP contribution in [0.1, 0.15) is 39.9 Å². The van der Waals surface area contributed by atoms with Gasteiger partial charge in [-0.15, -0.1) is 0 Å². The van der Waals surface area contributed by atoms with Crippen molar-refractivity contribution in [2.75, 3.05) is 25.5 Å². The molecular weight excluding hydrogens is 374 g/mol. The number of hydrogen-bond acceptors (Lipinski definition) is 2. The maximum absolute atomic E-state index is 14.1. The molecule has 0 aromatic heterocycles. The number of hydrogen-bond donors (Lipinski definition) is 0. The molecule has 29 heavy (non-hydrogen) atoms. The molecule has 1 saturated heterocycles. The lowest BCUT2D eigenvalue weighted by atomic mass is 9.89. The molecule has 0 aliphatic carbocycles. The van der Waals surface area contributed by atoms with E-state index in [2.05, 4.69) is 0 Å². The first-order valence-corrected chi connectivity index (χ1v) is 9.74. The highest BCUT2D eigenvalue weighted by atomic mass is 19.1. The summed E-state index contributed by atoms with van der Waals surface area (Å²) in [6.07, 6.45) is 1.50. The van der Waals surface area contributed by atoms with Gasteiger partial charge < -0.3 is 9.80 Å². The highest BCUT2D eigenvalue weighted by molar-refractivity contribution is 5.98. The van der Waals surface area contributed by atoms with Crippen LogP contribution in [0.3, 0.4) is 0 Å². The van der Waals surface area contributed by atoms with Crippen molar-refractivity contribution >= 4 is 17.5 Å². The molecule has 4 nitrogen and oxygen atoms in total. The number of halogens is 2. The molecule has 0 spiro atoms. The lowest BCUT2D eigenvalue weighted by Gasteiger charge is -2.35. The number of benzene rings is 2. The summed E-state index contributed by atoms with van der Waals surface area (Å²) in [6.45, 7) is 4.26. The molecule has 0 saturated carbocycles. The number of piperidine rings is 1. The fraction of sp³-hybridized carbons (Fsp3) is 0.391. The summed E-state index contributed by atoms with van der Waals surface area (Å²) < 4.78 is 27.2. The third-order valence-corrected chi connectivity index (χ3v) is 5.45. The van der Waals surface area contributed by atoms with E-state index in [1.807, 2.05) is 13.8 Å². The van der Waals surface area contributed by atoms with Crippen molar-refractivity contribution in [3.8, 4) is 0 Å². The molecule has 0 N–H and O–H groups in total. The van der Waals surface area contributed by atoms with Crippen LogP contribution in [0.15, 0.2) is 30.3 Å². The lowest BCUT2D eigenvalue weighted by Crippen LogP contribution is -2.41. The van der Waals surface area contributed by atoms with E-state index in [1.54, 1.807) is 31.1 Å². The lowest BCUT2D eigenvalue weighted by molar-refractivity contribution is -0.120. The van der Waals surface area contributed by atoms with Crippen LogP contribution in [0.2, 0.25) is 0 Å². The van der Waals surface area contributed by atoms with Crippen molar-refractivity contribution < 1.29 is 18.4 Å². The SMILES string of the molecule is Cc1cc(C(=O)N(C)C)cc(C)c1N1CC(Cc2ccc(F)cc2F)CCC1=O. The summed E-state index contributed by atoms with van der Waals surface area (Å²) in [4.78, 5) is 28.2. The second-order valence-electron chi connectivity index (χ2n) is 8.01. The Morgan fingerprint density at radius 2 is 1.79 bits per heavy atom. The Labute approximate surface area is 170 Å². The van der Waals surface area contributed by atoms with Crippen molar-refractivity contribution in [3.05, 3.63) is 64.2 Å². The van der Waals surface area contributed by atoms with Gasteiger partial charge in [-0.2, -0.15) is 0 Å². The summed E-state index contributed by atoms with van der Waals surface area (Å²) in [5, 5.41) is 0. The van der Waals surface area contributed by atoms with Gasteiger partial charge in [0.2, 0.25) is 5.91 Å². The van der Waals surface area contributed by atoms with Gasteiger partial charge in [0.25, 0.3) is 5.91 Å². The van der Waals surface area contributed by atoms with E-state index < -0.39 is 11.6 Å². The topological polar surface area (TPSA) is 40.6 Å². The molecule has 0 bridgehead atoms. The highest BCUT2D eigenvalue weighted by Gasteiger charge is 2.29. The van der Waals surface area contributed by atoms with Gasteiger partial charge in [0.15, 0.2) is 0 Å².